The number of rotatable bonds is 4. The van der Waals surface area contributed by atoms with E-state index in [-0.39, 0.29) is 34.6 Å². The monoisotopic (exact) mass is 409 g/mol. The maximum Gasteiger partial charge on any atom is 0.321 e. The Morgan fingerprint density at radius 1 is 1.24 bits per heavy atom. The number of nitrogens with one attached hydrogen (secondary N) is 3. The molecule has 1 aromatic rings. The van der Waals surface area contributed by atoms with Crippen LogP contribution in [-0.2, 0) is 14.8 Å². The number of sulfonamides is 1. The summed E-state index contributed by atoms with van der Waals surface area (Å²) in [4.78, 5) is 23.7. The Bertz CT molecular complexity index is 764. The average Bonchev–Trinajstić information content (AvgIpc) is 2.57. The number of quaternary nitrogens is 1. The summed E-state index contributed by atoms with van der Waals surface area (Å²) >= 11 is 11.9. The highest BCUT2D eigenvalue weighted by Crippen LogP contribution is 2.27. The molecule has 0 bridgehead atoms. The second-order valence-electron chi connectivity index (χ2n) is 5.53. The van der Waals surface area contributed by atoms with E-state index in [1.807, 2.05) is 0 Å². The number of nitrogens with zero attached hydrogens (tertiary/aromatic N) is 1. The van der Waals surface area contributed by atoms with E-state index >= 15 is 0 Å². The van der Waals surface area contributed by atoms with E-state index in [0.29, 0.717) is 13.1 Å². The normalized spacial score (nSPS) is 16.4. The first-order valence-corrected chi connectivity index (χ1v) is 9.74. The van der Waals surface area contributed by atoms with Gasteiger partial charge in [-0.15, -0.1) is 0 Å². The topological polar surface area (TPSA) is 100 Å². The fourth-order valence-electron chi connectivity index (χ4n) is 2.49. The van der Waals surface area contributed by atoms with Gasteiger partial charge in [0.1, 0.15) is 4.90 Å². The van der Waals surface area contributed by atoms with Crippen LogP contribution in [-0.4, -0.2) is 64.4 Å². The maximum atomic E-state index is 12.7. The minimum absolute atomic E-state index is 0.0255. The lowest BCUT2D eigenvalue weighted by Gasteiger charge is -2.31. The van der Waals surface area contributed by atoms with Gasteiger partial charge in [-0.2, -0.15) is 4.31 Å². The molecule has 0 aromatic heterocycles. The van der Waals surface area contributed by atoms with Gasteiger partial charge in [0.25, 0.3) is 5.91 Å². The highest BCUT2D eigenvalue weighted by molar-refractivity contribution is 7.89. The highest BCUT2D eigenvalue weighted by atomic mass is 35.5. The fourth-order valence-corrected chi connectivity index (χ4v) is 4.67. The van der Waals surface area contributed by atoms with Gasteiger partial charge in [0.2, 0.25) is 10.0 Å². The molecule has 0 aliphatic carbocycles. The Labute approximate surface area is 156 Å². The van der Waals surface area contributed by atoms with Gasteiger partial charge in [-0.3, -0.25) is 10.1 Å². The number of halogens is 2. The zero-order valence-electron chi connectivity index (χ0n) is 13.5. The van der Waals surface area contributed by atoms with Crippen molar-refractivity contribution in [3.8, 4) is 0 Å². The molecular formula is C14H19Cl2N4O4S+. The average molecular weight is 410 g/mol. The van der Waals surface area contributed by atoms with Crippen molar-refractivity contribution < 1.29 is 22.9 Å². The van der Waals surface area contributed by atoms with Crippen LogP contribution in [0.15, 0.2) is 23.1 Å². The number of urea groups is 1. The summed E-state index contributed by atoms with van der Waals surface area (Å²) in [5.41, 5.74) is 0. The molecular weight excluding hydrogens is 391 g/mol. The van der Waals surface area contributed by atoms with Crippen LogP contribution in [0.4, 0.5) is 4.79 Å². The van der Waals surface area contributed by atoms with Crippen LogP contribution in [0.5, 0.6) is 0 Å². The van der Waals surface area contributed by atoms with Crippen molar-refractivity contribution in [2.24, 2.45) is 0 Å². The van der Waals surface area contributed by atoms with Gasteiger partial charge >= 0.3 is 6.03 Å². The molecule has 0 atom stereocenters. The van der Waals surface area contributed by atoms with Gasteiger partial charge in [0.15, 0.2) is 6.54 Å². The zero-order valence-corrected chi connectivity index (χ0v) is 15.8. The Morgan fingerprint density at radius 3 is 2.48 bits per heavy atom. The number of hydrogen-bond acceptors (Lipinski definition) is 4. The Hall–Kier alpha value is -1.39. The third-order valence-corrected chi connectivity index (χ3v) is 6.45. The summed E-state index contributed by atoms with van der Waals surface area (Å²) < 4.78 is 26.8. The number of carbonyl (C=O) groups is 2. The van der Waals surface area contributed by atoms with Gasteiger partial charge in [-0.1, -0.05) is 23.2 Å². The van der Waals surface area contributed by atoms with Gasteiger partial charge in [0, 0.05) is 12.1 Å². The van der Waals surface area contributed by atoms with E-state index < -0.39 is 22.0 Å². The molecule has 0 spiro atoms. The van der Waals surface area contributed by atoms with Crippen molar-refractivity contribution in [2.45, 2.75) is 4.90 Å². The molecule has 2 rings (SSSR count). The molecule has 1 aliphatic rings. The van der Waals surface area contributed by atoms with E-state index in [4.69, 9.17) is 23.2 Å². The fraction of sp³-hybridized carbons (Fsp3) is 0.429. The number of carbonyl (C=O) groups excluding carboxylic acids is 2. The molecule has 1 fully saturated rings. The lowest BCUT2D eigenvalue weighted by Crippen LogP contribution is -3.15. The Kier molecular flexibility index (Phi) is 6.64. The molecule has 0 saturated carbocycles. The summed E-state index contributed by atoms with van der Waals surface area (Å²) in [6.45, 7) is 1.47. The number of imide groups is 1. The predicted octanol–water partition coefficient (Wildman–Crippen LogP) is -0.662. The summed E-state index contributed by atoms with van der Waals surface area (Å²) in [5, 5.41) is 4.89. The minimum atomic E-state index is -3.75. The summed E-state index contributed by atoms with van der Waals surface area (Å²) in [6, 6.07) is 3.73. The maximum absolute atomic E-state index is 12.7. The molecule has 3 amide bonds. The Morgan fingerprint density at radius 2 is 1.88 bits per heavy atom. The van der Waals surface area contributed by atoms with Crippen molar-refractivity contribution in [1.82, 2.24) is 14.9 Å². The van der Waals surface area contributed by atoms with Crippen LogP contribution in [0.1, 0.15) is 0 Å². The molecule has 1 aliphatic heterocycles. The van der Waals surface area contributed by atoms with Crippen LogP contribution in [0.2, 0.25) is 10.0 Å². The summed E-state index contributed by atoms with van der Waals surface area (Å²) in [7, 11) is -2.33. The van der Waals surface area contributed by atoms with Crippen molar-refractivity contribution >= 4 is 45.2 Å². The van der Waals surface area contributed by atoms with E-state index in [0.717, 1.165) is 4.90 Å². The first kappa shape index (κ1) is 19.9. The molecule has 1 saturated heterocycles. The third-order valence-electron chi connectivity index (χ3n) is 3.83. The second kappa shape index (κ2) is 8.33. The van der Waals surface area contributed by atoms with Crippen LogP contribution < -0.4 is 15.5 Å². The van der Waals surface area contributed by atoms with Crippen molar-refractivity contribution in [1.29, 1.82) is 0 Å². The second-order valence-corrected chi connectivity index (χ2v) is 8.28. The van der Waals surface area contributed by atoms with Crippen molar-refractivity contribution in [2.75, 3.05) is 39.8 Å². The number of benzene rings is 1. The van der Waals surface area contributed by atoms with Gasteiger partial charge in [-0.25, -0.2) is 13.2 Å². The first-order chi connectivity index (χ1) is 11.7. The zero-order chi connectivity index (χ0) is 18.6. The predicted molar refractivity (Wildman–Crippen MR) is 93.4 cm³/mol. The summed E-state index contributed by atoms with van der Waals surface area (Å²) in [6.07, 6.45) is 0. The molecule has 0 unspecified atom stereocenters. The minimum Gasteiger partial charge on any atom is -0.341 e. The Balaban J connectivity index is 1.98. The number of amides is 3. The van der Waals surface area contributed by atoms with Crippen molar-refractivity contribution in [3.05, 3.63) is 28.2 Å². The standard InChI is InChI=1S/C14H18Cl2N4O4S/c1-17-14(22)18-13(21)9-19-4-6-20(7-5-19)25(23,24)12-8-10(15)2-3-11(12)16/h2-3,8H,4-7,9H2,1H3,(H2,17,18,21,22)/p+1. The first-order valence-electron chi connectivity index (χ1n) is 7.54. The number of hydrogen-bond donors (Lipinski definition) is 3. The molecule has 11 heteroatoms. The van der Waals surface area contributed by atoms with Gasteiger partial charge in [-0.05, 0) is 18.2 Å². The lowest BCUT2D eigenvalue weighted by atomic mass is 10.3. The summed E-state index contributed by atoms with van der Waals surface area (Å²) in [5.74, 6) is -0.413. The van der Waals surface area contributed by atoms with E-state index in [2.05, 4.69) is 10.6 Å². The van der Waals surface area contributed by atoms with Crippen LogP contribution >= 0.6 is 23.2 Å². The van der Waals surface area contributed by atoms with E-state index in [1.54, 1.807) is 0 Å². The van der Waals surface area contributed by atoms with Crippen LogP contribution in [0.3, 0.4) is 0 Å². The third kappa shape index (κ3) is 5.05. The van der Waals surface area contributed by atoms with Crippen LogP contribution in [0, 0.1) is 0 Å². The number of piperazine rings is 1. The molecule has 25 heavy (non-hydrogen) atoms. The highest BCUT2D eigenvalue weighted by Gasteiger charge is 2.32. The van der Waals surface area contributed by atoms with Crippen molar-refractivity contribution in [3.63, 3.8) is 0 Å². The van der Waals surface area contributed by atoms with Gasteiger partial charge < -0.3 is 10.2 Å². The molecule has 0 radical (unpaired) electrons. The lowest BCUT2D eigenvalue weighted by molar-refractivity contribution is -0.895. The molecule has 3 N–H and O–H groups in total. The molecule has 1 heterocycles. The molecule has 138 valence electrons. The van der Waals surface area contributed by atoms with E-state index in [1.165, 1.54) is 29.6 Å². The molecule has 8 nitrogen and oxygen atoms in total. The molecule has 1 aromatic carbocycles. The SMILES string of the molecule is CNC(=O)NC(=O)C[NH+]1CCN(S(=O)(=O)c2cc(Cl)ccc2Cl)CC1. The van der Waals surface area contributed by atoms with Crippen LogP contribution in [0.25, 0.3) is 0 Å². The van der Waals surface area contributed by atoms with E-state index in [9.17, 15) is 18.0 Å². The largest absolute Gasteiger partial charge is 0.341 e. The quantitative estimate of drug-likeness (QED) is 0.614. The van der Waals surface area contributed by atoms with Gasteiger partial charge in [0.05, 0.1) is 31.2 Å². The smallest absolute Gasteiger partial charge is 0.321 e.